The van der Waals surface area contributed by atoms with Crippen LogP contribution >= 0.6 is 15.9 Å². The van der Waals surface area contributed by atoms with Crippen LogP contribution in [-0.2, 0) is 10.3 Å². The van der Waals surface area contributed by atoms with Crippen LogP contribution in [0.5, 0.6) is 5.75 Å². The van der Waals surface area contributed by atoms with E-state index in [1.54, 1.807) is 30.3 Å². The molecule has 4 atom stereocenters. The molecule has 2 aliphatic rings. The first-order chi connectivity index (χ1) is 12.9. The third-order valence-corrected chi connectivity index (χ3v) is 6.01. The zero-order valence-electron chi connectivity index (χ0n) is 14.7. The molecule has 0 aromatic heterocycles. The molecule has 140 valence electrons. The van der Waals surface area contributed by atoms with Gasteiger partial charge in [0.1, 0.15) is 5.75 Å². The van der Waals surface area contributed by atoms with Gasteiger partial charge in [0.15, 0.2) is 5.54 Å². The van der Waals surface area contributed by atoms with Gasteiger partial charge in [-0.1, -0.05) is 34.1 Å². The summed E-state index contributed by atoms with van der Waals surface area (Å²) in [6.07, 6.45) is 0. The van der Waals surface area contributed by atoms with Crippen LogP contribution in [0, 0.1) is 10.1 Å². The van der Waals surface area contributed by atoms with E-state index in [0.29, 0.717) is 22.6 Å². The Balaban J connectivity index is 1.93. The van der Waals surface area contributed by atoms with Gasteiger partial charge in [-0.05, 0) is 31.2 Å². The summed E-state index contributed by atoms with van der Waals surface area (Å²) < 4.78 is 6.26. The molecule has 0 aliphatic carbocycles. The Morgan fingerprint density at radius 1 is 1.26 bits per heavy atom. The number of carbonyl (C=O) groups is 1. The van der Waals surface area contributed by atoms with Crippen LogP contribution in [0.25, 0.3) is 0 Å². The van der Waals surface area contributed by atoms with E-state index in [9.17, 15) is 14.9 Å². The molecule has 1 saturated heterocycles. The second-order valence-corrected chi connectivity index (χ2v) is 7.80. The maximum atomic E-state index is 13.0. The van der Waals surface area contributed by atoms with Crippen molar-refractivity contribution >= 4 is 27.5 Å². The number of nitro groups is 1. The minimum absolute atomic E-state index is 0.319. The Labute approximate surface area is 164 Å². The smallest absolute Gasteiger partial charge is 0.256 e. The second-order valence-electron chi connectivity index (χ2n) is 6.88. The van der Waals surface area contributed by atoms with Gasteiger partial charge in [-0.15, -0.1) is 0 Å². The molecule has 4 rings (SSSR count). The van der Waals surface area contributed by atoms with E-state index in [-0.39, 0.29) is 11.0 Å². The normalized spacial score (nSPS) is 28.9. The predicted octanol–water partition coefficient (Wildman–Crippen LogP) is 3.03. The van der Waals surface area contributed by atoms with E-state index in [0.717, 1.165) is 4.47 Å². The molecule has 27 heavy (non-hydrogen) atoms. The number of para-hydroxylation sites is 1. The van der Waals surface area contributed by atoms with Crippen LogP contribution in [0.2, 0.25) is 0 Å². The highest BCUT2D eigenvalue weighted by Gasteiger charge is 2.67. The van der Waals surface area contributed by atoms with Gasteiger partial charge in [0.2, 0.25) is 0 Å². The average Bonchev–Trinajstić information content (AvgIpc) is 3.10. The number of nitrogens with zero attached hydrogens (tertiary/aromatic N) is 1. The van der Waals surface area contributed by atoms with Crippen molar-refractivity contribution in [3.63, 3.8) is 0 Å². The van der Waals surface area contributed by atoms with E-state index in [4.69, 9.17) is 4.74 Å². The summed E-state index contributed by atoms with van der Waals surface area (Å²) in [6.45, 7) is 1.87. The summed E-state index contributed by atoms with van der Waals surface area (Å²) in [7, 11) is 1.54. The first-order valence-corrected chi connectivity index (χ1v) is 9.35. The van der Waals surface area contributed by atoms with Gasteiger partial charge in [-0.3, -0.25) is 20.2 Å². The number of nitrogens with one attached hydrogen (secondary N) is 2. The molecule has 0 unspecified atom stereocenters. The van der Waals surface area contributed by atoms with Gasteiger partial charge in [0.25, 0.3) is 11.9 Å². The van der Waals surface area contributed by atoms with Crippen LogP contribution < -0.4 is 15.4 Å². The van der Waals surface area contributed by atoms with E-state index < -0.39 is 23.4 Å². The van der Waals surface area contributed by atoms with Crippen LogP contribution in [0.4, 0.5) is 5.69 Å². The summed E-state index contributed by atoms with van der Waals surface area (Å²) in [5, 5.41) is 18.3. The minimum Gasteiger partial charge on any atom is -0.496 e. The fraction of sp³-hybridized carbons (Fsp3) is 0.316. The molecule has 7 nitrogen and oxygen atoms in total. The highest BCUT2D eigenvalue weighted by molar-refractivity contribution is 9.10. The summed E-state index contributed by atoms with van der Waals surface area (Å²) in [5.74, 6) is -0.384. The van der Waals surface area contributed by atoms with Gasteiger partial charge >= 0.3 is 0 Å². The number of ether oxygens (including phenoxy) is 1. The second kappa shape index (κ2) is 6.31. The van der Waals surface area contributed by atoms with Gasteiger partial charge in [0.05, 0.1) is 13.0 Å². The Hall–Kier alpha value is -2.45. The number of anilines is 1. The minimum atomic E-state index is -1.42. The van der Waals surface area contributed by atoms with E-state index >= 15 is 0 Å². The molecule has 1 fully saturated rings. The topological polar surface area (TPSA) is 93.5 Å². The molecule has 0 radical (unpaired) electrons. The SMILES string of the molecule is COc1ccc(Br)cc1[C@@H]1[C@H](C)N[C@@]2(C(=O)Nc3ccccc32)[C@H]1[N+](=O)[O-]. The average molecular weight is 432 g/mol. The molecule has 2 aromatic carbocycles. The molecule has 2 heterocycles. The summed E-state index contributed by atoms with van der Waals surface area (Å²) in [5.41, 5.74) is 0.496. The number of halogens is 1. The van der Waals surface area contributed by atoms with Crippen molar-refractivity contribution in [2.75, 3.05) is 12.4 Å². The summed E-state index contributed by atoms with van der Waals surface area (Å²) >= 11 is 3.44. The third-order valence-electron chi connectivity index (χ3n) is 5.51. The molecule has 1 spiro atoms. The van der Waals surface area contributed by atoms with Crippen molar-refractivity contribution in [2.45, 2.75) is 30.5 Å². The Kier molecular flexibility index (Phi) is 4.20. The van der Waals surface area contributed by atoms with Crippen LogP contribution in [0.3, 0.4) is 0 Å². The zero-order chi connectivity index (χ0) is 19.3. The standard InChI is InChI=1S/C19H18BrN3O4/c1-10-16(12-9-11(20)7-8-15(12)27-2)17(23(25)26)19(22-10)13-5-3-4-6-14(13)21-18(19)24/h3-10,16-17,22H,1-2H3,(H,21,24)/t10-,16-,17-,19+/m0/s1. The lowest BCUT2D eigenvalue weighted by Gasteiger charge is -2.26. The Morgan fingerprint density at radius 3 is 2.70 bits per heavy atom. The summed E-state index contributed by atoms with van der Waals surface area (Å²) in [4.78, 5) is 24.9. The van der Waals surface area contributed by atoms with Crippen molar-refractivity contribution in [3.8, 4) is 5.75 Å². The number of fused-ring (bicyclic) bond motifs is 2. The molecule has 2 aromatic rings. The number of amides is 1. The highest BCUT2D eigenvalue weighted by Crippen LogP contribution is 2.51. The maximum absolute atomic E-state index is 13.0. The van der Waals surface area contributed by atoms with Crippen LogP contribution in [-0.4, -0.2) is 30.0 Å². The fourth-order valence-corrected chi connectivity index (χ4v) is 4.87. The Bertz CT molecular complexity index is 950. The number of rotatable bonds is 3. The quantitative estimate of drug-likeness (QED) is 0.575. The lowest BCUT2D eigenvalue weighted by Crippen LogP contribution is -2.54. The summed E-state index contributed by atoms with van der Waals surface area (Å²) in [6, 6.07) is 11.0. The zero-order valence-corrected chi connectivity index (χ0v) is 16.3. The highest BCUT2D eigenvalue weighted by atomic mass is 79.9. The van der Waals surface area contributed by atoms with Gasteiger partial charge < -0.3 is 10.1 Å². The van der Waals surface area contributed by atoms with Gasteiger partial charge in [-0.25, -0.2) is 0 Å². The van der Waals surface area contributed by atoms with Crippen molar-refractivity contribution in [3.05, 3.63) is 68.2 Å². The van der Waals surface area contributed by atoms with E-state index in [1.165, 1.54) is 7.11 Å². The molecule has 0 bridgehead atoms. The first-order valence-electron chi connectivity index (χ1n) is 8.55. The lowest BCUT2D eigenvalue weighted by molar-refractivity contribution is -0.532. The van der Waals surface area contributed by atoms with Gasteiger partial charge in [0, 0.05) is 32.3 Å². The number of benzene rings is 2. The lowest BCUT2D eigenvalue weighted by atomic mass is 9.78. The monoisotopic (exact) mass is 431 g/mol. The number of carbonyl (C=O) groups excluding carboxylic acids is 1. The molecule has 2 N–H and O–H groups in total. The molecular weight excluding hydrogens is 414 g/mol. The fourth-order valence-electron chi connectivity index (χ4n) is 4.49. The van der Waals surface area contributed by atoms with Crippen LogP contribution in [0.15, 0.2) is 46.9 Å². The first kappa shape index (κ1) is 17.9. The Morgan fingerprint density at radius 2 is 2.00 bits per heavy atom. The maximum Gasteiger partial charge on any atom is 0.256 e. The molecule has 1 amide bonds. The van der Waals surface area contributed by atoms with Crippen molar-refractivity contribution < 1.29 is 14.5 Å². The van der Waals surface area contributed by atoms with E-state index in [1.807, 2.05) is 19.1 Å². The van der Waals surface area contributed by atoms with E-state index in [2.05, 4.69) is 26.6 Å². The molecule has 0 saturated carbocycles. The predicted molar refractivity (Wildman–Crippen MR) is 104 cm³/mol. The number of methoxy groups -OCH3 is 1. The van der Waals surface area contributed by atoms with Crippen molar-refractivity contribution in [1.82, 2.24) is 5.32 Å². The van der Waals surface area contributed by atoms with Crippen molar-refractivity contribution in [2.24, 2.45) is 0 Å². The van der Waals surface area contributed by atoms with Crippen LogP contribution in [0.1, 0.15) is 24.0 Å². The molecular formula is C19H18BrN3O4. The molecule has 2 aliphatic heterocycles. The molecule has 8 heteroatoms. The largest absolute Gasteiger partial charge is 0.496 e. The number of hydrogen-bond donors (Lipinski definition) is 2. The van der Waals surface area contributed by atoms with Crippen molar-refractivity contribution in [1.29, 1.82) is 0 Å². The van der Waals surface area contributed by atoms with Gasteiger partial charge in [-0.2, -0.15) is 0 Å². The third kappa shape index (κ3) is 2.47. The number of hydrogen-bond acceptors (Lipinski definition) is 5.